The van der Waals surface area contributed by atoms with Crippen LogP contribution >= 0.6 is 0 Å². The van der Waals surface area contributed by atoms with Crippen LogP contribution in [0.1, 0.15) is 34.6 Å². The molecule has 0 radical (unpaired) electrons. The van der Waals surface area contributed by atoms with E-state index in [0.717, 1.165) is 6.92 Å². The summed E-state index contributed by atoms with van der Waals surface area (Å²) in [5.41, 5.74) is 5.13. The fourth-order valence-electron chi connectivity index (χ4n) is 4.11. The number of nitrogens with zero attached hydrogens (tertiary/aromatic N) is 1. The molecule has 0 saturated carbocycles. The topological polar surface area (TPSA) is 152 Å². The molecule has 11 nitrogen and oxygen atoms in total. The van der Waals surface area contributed by atoms with Crippen LogP contribution in [0.5, 0.6) is 0 Å². The summed E-state index contributed by atoms with van der Waals surface area (Å²) in [5, 5.41) is 0. The number of esters is 1. The molecule has 0 bridgehead atoms. The lowest BCUT2D eigenvalue weighted by atomic mass is 9.93. The number of nitrogens with two attached hydrogens (primary N) is 1. The summed E-state index contributed by atoms with van der Waals surface area (Å²) in [6.45, 7) is 7.36. The molecule has 30 heavy (non-hydrogen) atoms. The first-order chi connectivity index (χ1) is 13.9. The van der Waals surface area contributed by atoms with E-state index in [1.807, 2.05) is 0 Å². The van der Waals surface area contributed by atoms with E-state index in [2.05, 4.69) is 0 Å². The van der Waals surface area contributed by atoms with Crippen LogP contribution < -0.4 is 5.73 Å². The van der Waals surface area contributed by atoms with E-state index in [1.165, 1.54) is 25.9 Å². The van der Waals surface area contributed by atoms with Gasteiger partial charge in [-0.2, -0.15) is 0 Å². The zero-order chi connectivity index (χ0) is 22.9. The molecule has 2 fully saturated rings. The molecule has 0 aromatic heterocycles. The lowest BCUT2D eigenvalue weighted by molar-refractivity contribution is -0.265. The number of methoxy groups -OCH3 is 1. The molecule has 2 aliphatic heterocycles. The molecule has 0 aromatic rings. The summed E-state index contributed by atoms with van der Waals surface area (Å²) in [6, 6.07) is -0.937. The Balaban J connectivity index is 2.51. The van der Waals surface area contributed by atoms with Crippen molar-refractivity contribution in [2.75, 3.05) is 7.11 Å². The van der Waals surface area contributed by atoms with E-state index < -0.39 is 72.1 Å². The Hall–Kier alpha value is -2.53. The summed E-state index contributed by atoms with van der Waals surface area (Å²) in [7, 11) is 1.30. The van der Waals surface area contributed by atoms with Crippen molar-refractivity contribution in [1.82, 2.24) is 4.90 Å². The van der Waals surface area contributed by atoms with Gasteiger partial charge in [0.2, 0.25) is 5.91 Å². The second kappa shape index (κ2) is 9.09. The fraction of sp³-hybridized carbons (Fsp3) is 0.737. The Morgan fingerprint density at radius 2 is 1.67 bits per heavy atom. The van der Waals surface area contributed by atoms with Gasteiger partial charge in [0.1, 0.15) is 11.9 Å². The predicted molar refractivity (Wildman–Crippen MR) is 99.8 cm³/mol. The Labute approximate surface area is 174 Å². The van der Waals surface area contributed by atoms with E-state index in [0.29, 0.717) is 0 Å². The van der Waals surface area contributed by atoms with Crippen LogP contribution in [0.4, 0.5) is 4.79 Å². The van der Waals surface area contributed by atoms with Gasteiger partial charge in [-0.25, -0.2) is 4.79 Å². The minimum atomic E-state index is -1.43. The monoisotopic (exact) mass is 428 g/mol. The summed E-state index contributed by atoms with van der Waals surface area (Å²) >= 11 is 0. The third kappa shape index (κ3) is 4.31. The van der Waals surface area contributed by atoms with Gasteiger partial charge in [-0.15, -0.1) is 0 Å². The average Bonchev–Trinajstić information content (AvgIpc) is 2.87. The highest BCUT2D eigenvalue weighted by atomic mass is 16.6. The molecule has 7 unspecified atom stereocenters. The number of carbonyl (C=O) groups excluding carboxylic acids is 5. The van der Waals surface area contributed by atoms with Gasteiger partial charge in [-0.1, -0.05) is 13.8 Å². The van der Waals surface area contributed by atoms with E-state index in [9.17, 15) is 24.0 Å². The number of ether oxygens (including phenoxy) is 4. The molecule has 2 N–H and O–H groups in total. The van der Waals surface area contributed by atoms with Crippen molar-refractivity contribution in [3.8, 4) is 0 Å². The van der Waals surface area contributed by atoms with Gasteiger partial charge in [-0.3, -0.25) is 19.2 Å². The number of likely N-dealkylation sites (tertiary alicyclic amines) is 1. The third-order valence-corrected chi connectivity index (χ3v) is 5.26. The molecule has 0 spiro atoms. The van der Waals surface area contributed by atoms with E-state index in [1.54, 1.807) is 13.8 Å². The van der Waals surface area contributed by atoms with Gasteiger partial charge in [0, 0.05) is 14.0 Å². The normalized spacial score (nSPS) is 34.2. The largest absolute Gasteiger partial charge is 0.455 e. The van der Waals surface area contributed by atoms with Crippen LogP contribution in [0.25, 0.3) is 0 Å². The van der Waals surface area contributed by atoms with Gasteiger partial charge in [0.05, 0.1) is 12.1 Å². The number of hydrogen-bond acceptors (Lipinski definition) is 9. The van der Waals surface area contributed by atoms with Crippen molar-refractivity contribution < 1.29 is 42.9 Å². The number of hydrogen-bond donors (Lipinski definition) is 1. The Bertz CT molecular complexity index is 738. The first-order valence-corrected chi connectivity index (χ1v) is 9.60. The molecule has 2 heterocycles. The number of rotatable bonds is 6. The molecular weight excluding hydrogens is 400 g/mol. The highest BCUT2D eigenvalue weighted by Gasteiger charge is 2.59. The molecule has 7 atom stereocenters. The second-order valence-corrected chi connectivity index (χ2v) is 7.79. The van der Waals surface area contributed by atoms with Gasteiger partial charge >= 0.3 is 12.1 Å². The molecule has 2 amide bonds. The standard InChI is InChI=1S/C19H28N2O9/c1-7(2)12-13(24)11(8(3)22)17(25)21(12)18-16(27-6)15(29-10(5)23)14(9(4)28-18)30-19(20)26/h7,9,11-12,14-16,18H,1-6H3,(H2,20,26). The molecule has 2 saturated heterocycles. The maximum Gasteiger partial charge on any atom is 0.405 e. The maximum atomic E-state index is 13.1. The van der Waals surface area contributed by atoms with Crippen molar-refractivity contribution in [3.05, 3.63) is 0 Å². The Kier molecular flexibility index (Phi) is 7.19. The summed E-state index contributed by atoms with van der Waals surface area (Å²) in [4.78, 5) is 62.1. The quantitative estimate of drug-likeness (QED) is 0.447. The van der Waals surface area contributed by atoms with Crippen molar-refractivity contribution in [1.29, 1.82) is 0 Å². The Morgan fingerprint density at radius 1 is 1.07 bits per heavy atom. The van der Waals surface area contributed by atoms with Crippen molar-refractivity contribution in [2.45, 2.75) is 71.3 Å². The Morgan fingerprint density at radius 3 is 2.10 bits per heavy atom. The van der Waals surface area contributed by atoms with Gasteiger partial charge < -0.3 is 29.6 Å². The minimum Gasteiger partial charge on any atom is -0.455 e. The van der Waals surface area contributed by atoms with Crippen LogP contribution in [0.2, 0.25) is 0 Å². The number of amides is 2. The zero-order valence-corrected chi connectivity index (χ0v) is 17.8. The van der Waals surface area contributed by atoms with Crippen LogP contribution in [-0.4, -0.2) is 78.2 Å². The van der Waals surface area contributed by atoms with Gasteiger partial charge in [-0.05, 0) is 19.8 Å². The number of ketones is 2. The van der Waals surface area contributed by atoms with Crippen molar-refractivity contribution >= 4 is 29.5 Å². The van der Waals surface area contributed by atoms with E-state index >= 15 is 0 Å². The maximum absolute atomic E-state index is 13.1. The molecular formula is C19H28N2O9. The lowest BCUT2D eigenvalue weighted by Crippen LogP contribution is -2.66. The predicted octanol–water partition coefficient (Wildman–Crippen LogP) is -0.217. The minimum absolute atomic E-state index is 0.325. The molecule has 168 valence electrons. The first kappa shape index (κ1) is 23.7. The fourth-order valence-corrected chi connectivity index (χ4v) is 4.11. The number of carbonyl (C=O) groups is 5. The van der Waals surface area contributed by atoms with Gasteiger partial charge in [0.25, 0.3) is 0 Å². The SMILES string of the molecule is COC1C(OC(C)=O)C(OC(N)=O)C(C)OC1N1C(=O)C(C(C)=O)C(=O)C1C(C)C. The van der Waals surface area contributed by atoms with E-state index in [-0.39, 0.29) is 5.92 Å². The first-order valence-electron chi connectivity index (χ1n) is 9.60. The zero-order valence-electron chi connectivity index (χ0n) is 17.8. The summed E-state index contributed by atoms with van der Waals surface area (Å²) < 4.78 is 21.8. The van der Waals surface area contributed by atoms with E-state index in [4.69, 9.17) is 24.7 Å². The summed E-state index contributed by atoms with van der Waals surface area (Å²) in [6.07, 6.45) is -6.54. The highest BCUT2D eigenvalue weighted by Crippen LogP contribution is 2.36. The summed E-state index contributed by atoms with van der Waals surface area (Å²) in [5.74, 6) is -4.23. The smallest absolute Gasteiger partial charge is 0.405 e. The molecule has 0 aromatic carbocycles. The van der Waals surface area contributed by atoms with Crippen LogP contribution in [0.3, 0.4) is 0 Å². The molecule has 2 rings (SSSR count). The highest BCUT2D eigenvalue weighted by molar-refractivity contribution is 6.23. The molecule has 2 aliphatic rings. The van der Waals surface area contributed by atoms with Crippen LogP contribution in [0.15, 0.2) is 0 Å². The number of Topliss-reactive ketones (excluding diaryl/α,β-unsaturated/α-hetero) is 2. The second-order valence-electron chi connectivity index (χ2n) is 7.79. The van der Waals surface area contributed by atoms with Crippen LogP contribution in [0, 0.1) is 11.8 Å². The number of primary amides is 1. The molecule has 11 heteroatoms. The molecule has 0 aliphatic carbocycles. The third-order valence-electron chi connectivity index (χ3n) is 5.26. The van der Waals surface area contributed by atoms with Crippen LogP contribution in [-0.2, 0) is 38.1 Å². The van der Waals surface area contributed by atoms with Gasteiger partial charge in [0.15, 0.2) is 30.1 Å². The van der Waals surface area contributed by atoms with Crippen molar-refractivity contribution in [2.24, 2.45) is 17.6 Å². The lowest BCUT2D eigenvalue weighted by Gasteiger charge is -2.47. The average molecular weight is 428 g/mol. The van der Waals surface area contributed by atoms with Crippen molar-refractivity contribution in [3.63, 3.8) is 0 Å².